The Kier molecular flexibility index (Phi) is 14.9. The van der Waals surface area contributed by atoms with Gasteiger partial charge in [0.25, 0.3) is 0 Å². The van der Waals surface area contributed by atoms with Crippen LogP contribution in [0.4, 0.5) is 0 Å². The Morgan fingerprint density at radius 2 is 1.38 bits per heavy atom. The molecule has 140 valence electrons. The molecule has 10 nitrogen and oxygen atoms in total. The molecule has 24 heavy (non-hydrogen) atoms. The molecule has 0 spiro atoms. The van der Waals surface area contributed by atoms with Gasteiger partial charge in [-0.1, -0.05) is 0 Å². The number of carboxylic acids is 1. The second-order valence-electron chi connectivity index (χ2n) is 4.43. The molecule has 0 heterocycles. The van der Waals surface area contributed by atoms with Gasteiger partial charge in [-0.25, -0.2) is 4.79 Å². The average molecular weight is 351 g/mol. The summed E-state index contributed by atoms with van der Waals surface area (Å²) in [6.45, 7) is 1.46. The number of methoxy groups -OCH3 is 1. The van der Waals surface area contributed by atoms with Crippen LogP contribution in [0.3, 0.4) is 0 Å². The normalized spacial score (nSPS) is 10.4. The van der Waals surface area contributed by atoms with Crippen molar-refractivity contribution in [2.45, 2.75) is 6.42 Å². The molecule has 0 aliphatic rings. The molecule has 0 aromatic heterocycles. The Morgan fingerprint density at radius 1 is 0.833 bits per heavy atom. The topological polar surface area (TPSA) is 130 Å². The number of hydrogen-bond donors (Lipinski definition) is 2. The zero-order chi connectivity index (χ0) is 18.0. The van der Waals surface area contributed by atoms with Crippen LogP contribution in [-0.2, 0) is 38.1 Å². The zero-order valence-corrected chi connectivity index (χ0v) is 13.8. The number of rotatable bonds is 16. The summed E-state index contributed by atoms with van der Waals surface area (Å²) < 4.78 is 24.7. The lowest BCUT2D eigenvalue weighted by atomic mass is 10.5. The summed E-state index contributed by atoms with van der Waals surface area (Å²) in [7, 11) is 1.24. The maximum absolute atomic E-state index is 11.2. The highest BCUT2D eigenvalue weighted by Gasteiger charge is 2.04. The first-order chi connectivity index (χ1) is 11.6. The van der Waals surface area contributed by atoms with Crippen LogP contribution in [0.15, 0.2) is 0 Å². The second kappa shape index (κ2) is 16.1. The van der Waals surface area contributed by atoms with Crippen LogP contribution in [0.2, 0.25) is 0 Å². The smallest absolute Gasteiger partial charge is 0.329 e. The van der Waals surface area contributed by atoms with Gasteiger partial charge in [-0.15, -0.1) is 0 Å². The SMILES string of the molecule is COC(=O)CNC(=O)COCCOCCCOCCOCC(=O)O. The van der Waals surface area contributed by atoms with E-state index in [1.165, 1.54) is 7.11 Å². The molecule has 1 amide bonds. The van der Waals surface area contributed by atoms with Crippen molar-refractivity contribution in [3.05, 3.63) is 0 Å². The molecule has 0 saturated carbocycles. The molecule has 0 fully saturated rings. The molecule has 2 N–H and O–H groups in total. The van der Waals surface area contributed by atoms with Gasteiger partial charge in [0.15, 0.2) is 0 Å². The molecular formula is C14H25NO9. The van der Waals surface area contributed by atoms with Gasteiger partial charge in [0.1, 0.15) is 19.8 Å². The summed E-state index contributed by atoms with van der Waals surface area (Å²) in [4.78, 5) is 32.2. The maximum Gasteiger partial charge on any atom is 0.329 e. The number of carbonyl (C=O) groups is 3. The second-order valence-corrected chi connectivity index (χ2v) is 4.43. The molecule has 0 aromatic rings. The predicted octanol–water partition coefficient (Wildman–Crippen LogP) is -1.18. The van der Waals surface area contributed by atoms with E-state index in [1.807, 2.05) is 0 Å². The van der Waals surface area contributed by atoms with Crippen molar-refractivity contribution < 1.29 is 43.2 Å². The van der Waals surface area contributed by atoms with Gasteiger partial charge in [0.2, 0.25) is 5.91 Å². The van der Waals surface area contributed by atoms with Crippen LogP contribution in [0.5, 0.6) is 0 Å². The molecular weight excluding hydrogens is 326 g/mol. The van der Waals surface area contributed by atoms with Gasteiger partial charge in [-0.05, 0) is 6.42 Å². The number of ether oxygens (including phenoxy) is 5. The number of aliphatic carboxylic acids is 1. The molecule has 0 saturated heterocycles. The van der Waals surface area contributed by atoms with Crippen LogP contribution in [0, 0.1) is 0 Å². The zero-order valence-electron chi connectivity index (χ0n) is 13.8. The van der Waals surface area contributed by atoms with Gasteiger partial charge in [-0.3, -0.25) is 9.59 Å². The van der Waals surface area contributed by atoms with E-state index in [2.05, 4.69) is 10.1 Å². The third-order valence-corrected chi connectivity index (χ3v) is 2.44. The minimum absolute atomic E-state index is 0.153. The van der Waals surface area contributed by atoms with Crippen molar-refractivity contribution >= 4 is 17.8 Å². The molecule has 0 rings (SSSR count). The summed E-state index contributed by atoms with van der Waals surface area (Å²) in [5, 5.41) is 10.7. The summed E-state index contributed by atoms with van der Waals surface area (Å²) in [6.07, 6.45) is 0.679. The van der Waals surface area contributed by atoms with E-state index in [1.54, 1.807) is 0 Å². The molecule has 0 aliphatic carbocycles. The highest BCUT2D eigenvalue weighted by atomic mass is 16.5. The minimum Gasteiger partial charge on any atom is -0.480 e. The van der Waals surface area contributed by atoms with Gasteiger partial charge in [0, 0.05) is 13.2 Å². The quantitative estimate of drug-likeness (QED) is 0.260. The van der Waals surface area contributed by atoms with Crippen molar-refractivity contribution in [3.8, 4) is 0 Å². The van der Waals surface area contributed by atoms with E-state index in [0.29, 0.717) is 32.8 Å². The summed E-state index contributed by atoms with van der Waals surface area (Å²) in [5.41, 5.74) is 0. The van der Waals surface area contributed by atoms with Crippen molar-refractivity contribution in [1.82, 2.24) is 5.32 Å². The fraction of sp³-hybridized carbons (Fsp3) is 0.786. The highest BCUT2D eigenvalue weighted by Crippen LogP contribution is 1.87. The van der Waals surface area contributed by atoms with Crippen molar-refractivity contribution in [2.24, 2.45) is 0 Å². The number of carbonyl (C=O) groups excluding carboxylic acids is 2. The summed E-state index contributed by atoms with van der Waals surface area (Å²) in [6, 6.07) is 0. The Bertz CT molecular complexity index is 362. The third kappa shape index (κ3) is 16.6. The van der Waals surface area contributed by atoms with Crippen LogP contribution < -0.4 is 5.32 Å². The highest BCUT2D eigenvalue weighted by molar-refractivity contribution is 5.82. The standard InChI is InChI=1S/C14H25NO9/c1-20-14(19)9-15-12(16)10-23-7-5-21-3-2-4-22-6-8-24-11-13(17)18/h2-11H2,1H3,(H,15,16)(H,17,18). The van der Waals surface area contributed by atoms with Crippen LogP contribution >= 0.6 is 0 Å². The first-order valence-electron chi connectivity index (χ1n) is 7.42. The number of carboxylic acid groups (broad SMARTS) is 1. The van der Waals surface area contributed by atoms with Crippen LogP contribution in [0.1, 0.15) is 6.42 Å². The number of amides is 1. The fourth-order valence-corrected chi connectivity index (χ4v) is 1.32. The van der Waals surface area contributed by atoms with Crippen LogP contribution in [0.25, 0.3) is 0 Å². The van der Waals surface area contributed by atoms with Crippen molar-refractivity contribution in [1.29, 1.82) is 0 Å². The Morgan fingerprint density at radius 3 is 1.92 bits per heavy atom. The Balaban J connectivity index is 3.18. The van der Waals surface area contributed by atoms with Gasteiger partial charge in [-0.2, -0.15) is 0 Å². The molecule has 0 bridgehead atoms. The van der Waals surface area contributed by atoms with Crippen molar-refractivity contribution in [2.75, 3.05) is 66.5 Å². The maximum atomic E-state index is 11.2. The first-order valence-corrected chi connectivity index (χ1v) is 7.42. The molecule has 0 aliphatic heterocycles. The largest absolute Gasteiger partial charge is 0.480 e. The lowest BCUT2D eigenvalue weighted by molar-refractivity contribution is -0.143. The monoisotopic (exact) mass is 351 g/mol. The number of esters is 1. The van der Waals surface area contributed by atoms with Crippen LogP contribution in [-0.4, -0.2) is 89.5 Å². The first kappa shape index (κ1) is 22.2. The van der Waals surface area contributed by atoms with E-state index in [-0.39, 0.29) is 33.0 Å². The number of nitrogens with one attached hydrogen (secondary N) is 1. The molecule has 0 atom stereocenters. The number of hydrogen-bond acceptors (Lipinski definition) is 8. The predicted molar refractivity (Wildman–Crippen MR) is 80.6 cm³/mol. The van der Waals surface area contributed by atoms with E-state index in [4.69, 9.17) is 24.1 Å². The lowest BCUT2D eigenvalue weighted by Crippen LogP contribution is -2.33. The average Bonchev–Trinajstić information content (AvgIpc) is 2.56. The third-order valence-electron chi connectivity index (χ3n) is 2.44. The molecule has 0 unspecified atom stereocenters. The molecule has 0 radical (unpaired) electrons. The van der Waals surface area contributed by atoms with E-state index >= 15 is 0 Å². The van der Waals surface area contributed by atoms with E-state index < -0.39 is 17.8 Å². The minimum atomic E-state index is -1.01. The van der Waals surface area contributed by atoms with Gasteiger partial charge in [0.05, 0.1) is 33.5 Å². The Labute approximate surface area is 140 Å². The molecule has 10 heteroatoms. The van der Waals surface area contributed by atoms with E-state index in [0.717, 1.165) is 0 Å². The summed E-state index contributed by atoms with van der Waals surface area (Å²) >= 11 is 0. The lowest BCUT2D eigenvalue weighted by Gasteiger charge is -2.07. The molecule has 0 aromatic carbocycles. The van der Waals surface area contributed by atoms with Crippen molar-refractivity contribution in [3.63, 3.8) is 0 Å². The fourth-order valence-electron chi connectivity index (χ4n) is 1.32. The summed E-state index contributed by atoms with van der Waals surface area (Å²) in [5.74, 6) is -1.94. The van der Waals surface area contributed by atoms with Gasteiger partial charge < -0.3 is 34.1 Å². The Hall–Kier alpha value is -1.75. The van der Waals surface area contributed by atoms with E-state index in [9.17, 15) is 14.4 Å². The van der Waals surface area contributed by atoms with Gasteiger partial charge >= 0.3 is 11.9 Å².